The van der Waals surface area contributed by atoms with Gasteiger partial charge in [0.1, 0.15) is 16.2 Å². The second kappa shape index (κ2) is 17.0. The number of amides is 3. The normalized spacial score (nSPS) is 19.7. The van der Waals surface area contributed by atoms with E-state index in [-0.39, 0.29) is 48.4 Å². The zero-order valence-corrected chi connectivity index (χ0v) is 30.9. The third-order valence-electron chi connectivity index (χ3n) is 9.56. The van der Waals surface area contributed by atoms with Crippen LogP contribution < -0.4 is 10.6 Å². The van der Waals surface area contributed by atoms with Crippen molar-refractivity contribution in [3.63, 3.8) is 0 Å². The Labute approximate surface area is 296 Å². The van der Waals surface area contributed by atoms with Crippen LogP contribution in [0, 0.1) is 11.8 Å². The Morgan fingerprint density at radius 3 is 2.47 bits per heavy atom. The predicted octanol–water partition coefficient (Wildman–Crippen LogP) is 4.05. The number of thiazole rings is 2. The number of aryl methyl sites for hydroxylation is 1. The lowest BCUT2D eigenvalue weighted by Gasteiger charge is -2.37. The molecule has 0 unspecified atom stereocenters. The first kappa shape index (κ1) is 38.4. The van der Waals surface area contributed by atoms with Crippen LogP contribution in [0.25, 0.3) is 0 Å². The average Bonchev–Trinajstić information content (AvgIpc) is 3.40. The summed E-state index contributed by atoms with van der Waals surface area (Å²) in [6.07, 6.45) is 6.42. The van der Waals surface area contributed by atoms with E-state index < -0.39 is 41.4 Å². The largest absolute Gasteiger partial charge is 0.481 e. The van der Waals surface area contributed by atoms with Crippen molar-refractivity contribution < 1.29 is 33.8 Å². The van der Waals surface area contributed by atoms with Crippen LogP contribution in [0.2, 0.25) is 0 Å². The maximum atomic E-state index is 13.9. The maximum absolute atomic E-state index is 13.9. The van der Waals surface area contributed by atoms with E-state index in [1.807, 2.05) is 31.2 Å². The number of nitrogens with zero attached hydrogens (tertiary/aromatic N) is 4. The smallest absolute Gasteiger partial charge is 0.306 e. The highest BCUT2D eigenvalue weighted by Gasteiger charge is 2.54. The Kier molecular flexibility index (Phi) is 13.3. The number of esters is 1. The molecule has 0 bridgehead atoms. The minimum absolute atomic E-state index is 0.0273. The summed E-state index contributed by atoms with van der Waals surface area (Å²) in [4.78, 5) is 76.9. The van der Waals surface area contributed by atoms with Crippen LogP contribution in [0.3, 0.4) is 0 Å². The molecule has 5 atom stereocenters. The molecular weight excluding hydrogens is 669 g/mol. The van der Waals surface area contributed by atoms with Gasteiger partial charge >= 0.3 is 11.9 Å². The SMILES string of the molecule is CC(=O)O[C@H](C[C@H](C(C)C)N(C)C(=O)C1(NC(=O)[C@H]2CCCCN2C)CC1)c1nc(C(=O)N[C@@H](CCc2nccs2)C[C@H](C)C(=O)O)cs1. The van der Waals surface area contributed by atoms with Crippen LogP contribution in [0.1, 0.15) is 106 Å². The Hall–Kier alpha value is -3.43. The Bertz CT molecular complexity index is 1460. The van der Waals surface area contributed by atoms with Gasteiger partial charge in [-0.3, -0.25) is 28.9 Å². The lowest BCUT2D eigenvalue weighted by Crippen LogP contribution is -2.57. The number of carboxylic acid groups (broad SMARTS) is 1. The van der Waals surface area contributed by atoms with Crippen molar-refractivity contribution in [2.75, 3.05) is 20.6 Å². The van der Waals surface area contributed by atoms with E-state index in [9.17, 15) is 29.1 Å². The quantitative estimate of drug-likeness (QED) is 0.203. The van der Waals surface area contributed by atoms with E-state index >= 15 is 0 Å². The third-order valence-corrected chi connectivity index (χ3v) is 11.3. The van der Waals surface area contributed by atoms with Crippen molar-refractivity contribution in [3.05, 3.63) is 32.7 Å². The second-order valence-electron chi connectivity index (χ2n) is 13.8. The average molecular weight is 719 g/mol. The summed E-state index contributed by atoms with van der Waals surface area (Å²) in [5.74, 6) is -2.88. The lowest BCUT2D eigenvalue weighted by molar-refractivity contribution is -0.149. The molecule has 1 aliphatic carbocycles. The second-order valence-corrected chi connectivity index (χ2v) is 15.7. The van der Waals surface area contributed by atoms with Crippen molar-refractivity contribution >= 4 is 52.3 Å². The molecule has 2 aromatic heterocycles. The highest BCUT2D eigenvalue weighted by Crippen LogP contribution is 2.39. The number of aliphatic carboxylic acids is 1. The van der Waals surface area contributed by atoms with E-state index in [1.165, 1.54) is 29.6 Å². The van der Waals surface area contributed by atoms with E-state index in [1.54, 1.807) is 30.4 Å². The number of nitrogens with one attached hydrogen (secondary N) is 2. The minimum atomic E-state index is -0.941. The standard InChI is InChI=1S/C34H50N6O7S2/c1-20(2)26(40(6)33(46)34(12-13-34)38-30(43)25-9-7-8-15-39(25)5)18-27(47-22(4)41)31-37-24(19-49-31)29(42)36-23(17-21(3)32(44)45)10-11-28-35-14-16-48-28/h14,16,19-21,23,25-27H,7-13,15,17-18H2,1-6H3,(H,36,42)(H,38,43)(H,44,45)/t21-,23-,25+,26+,27+/m0/s1. The zero-order chi connectivity index (χ0) is 35.9. The molecule has 1 saturated carbocycles. The zero-order valence-electron chi connectivity index (χ0n) is 29.3. The number of rotatable bonds is 17. The summed E-state index contributed by atoms with van der Waals surface area (Å²) in [6, 6.07) is -1.03. The number of hydrogen-bond donors (Lipinski definition) is 3. The summed E-state index contributed by atoms with van der Waals surface area (Å²) < 4.78 is 5.73. The van der Waals surface area contributed by atoms with Crippen LogP contribution in [0.15, 0.2) is 17.0 Å². The maximum Gasteiger partial charge on any atom is 0.306 e. The summed E-state index contributed by atoms with van der Waals surface area (Å²) in [5.41, 5.74) is -0.799. The Morgan fingerprint density at radius 1 is 1.14 bits per heavy atom. The molecule has 3 amide bonds. The van der Waals surface area contributed by atoms with Gasteiger partial charge in [0.25, 0.3) is 5.91 Å². The molecule has 1 aliphatic heterocycles. The van der Waals surface area contributed by atoms with Crippen LogP contribution >= 0.6 is 22.7 Å². The van der Waals surface area contributed by atoms with Gasteiger partial charge in [-0.05, 0) is 58.0 Å². The fourth-order valence-electron chi connectivity index (χ4n) is 6.48. The summed E-state index contributed by atoms with van der Waals surface area (Å²) in [7, 11) is 3.67. The first-order valence-corrected chi connectivity index (χ1v) is 18.8. The van der Waals surface area contributed by atoms with Crippen molar-refractivity contribution in [1.82, 2.24) is 30.4 Å². The summed E-state index contributed by atoms with van der Waals surface area (Å²) in [5, 5.41) is 20.3. The molecule has 0 radical (unpaired) electrons. The fraction of sp³-hybridized carbons (Fsp3) is 0.676. The van der Waals surface area contributed by atoms with Gasteiger partial charge in [0.05, 0.1) is 17.0 Å². The molecule has 3 heterocycles. The Balaban J connectivity index is 1.45. The van der Waals surface area contributed by atoms with Crippen molar-refractivity contribution in [1.29, 1.82) is 0 Å². The molecule has 49 heavy (non-hydrogen) atoms. The van der Waals surface area contributed by atoms with Gasteiger partial charge in [-0.25, -0.2) is 9.97 Å². The lowest BCUT2D eigenvalue weighted by atomic mass is 9.95. The van der Waals surface area contributed by atoms with Gasteiger partial charge in [0, 0.05) is 55.9 Å². The number of aromatic nitrogens is 2. The predicted molar refractivity (Wildman–Crippen MR) is 186 cm³/mol. The van der Waals surface area contributed by atoms with Crippen molar-refractivity contribution in [3.8, 4) is 0 Å². The van der Waals surface area contributed by atoms with Crippen LogP contribution in [0.4, 0.5) is 0 Å². The molecular formula is C34H50N6O7S2. The number of ether oxygens (including phenoxy) is 1. The topological polar surface area (TPSA) is 171 Å². The van der Waals surface area contributed by atoms with E-state index in [4.69, 9.17) is 4.74 Å². The highest BCUT2D eigenvalue weighted by atomic mass is 32.1. The number of piperidine rings is 1. The number of likely N-dealkylation sites (tertiary alicyclic amines) is 1. The van der Waals surface area contributed by atoms with Crippen LogP contribution in [-0.4, -0.2) is 98.8 Å². The number of carboxylic acids is 1. The van der Waals surface area contributed by atoms with Gasteiger partial charge in [-0.15, -0.1) is 22.7 Å². The third kappa shape index (κ3) is 10.3. The molecule has 1 saturated heterocycles. The first-order valence-electron chi connectivity index (χ1n) is 17.0. The van der Waals surface area contributed by atoms with E-state index in [0.29, 0.717) is 30.7 Å². The molecule has 270 valence electrons. The fourth-order valence-corrected chi connectivity index (χ4v) is 7.95. The first-order chi connectivity index (χ1) is 23.2. The van der Waals surface area contributed by atoms with E-state index in [0.717, 1.165) is 30.8 Å². The molecule has 0 spiro atoms. The number of carbonyl (C=O) groups excluding carboxylic acids is 4. The Morgan fingerprint density at radius 2 is 1.88 bits per heavy atom. The molecule has 13 nitrogen and oxygen atoms in total. The van der Waals surface area contributed by atoms with Crippen LogP contribution in [-0.2, 0) is 30.3 Å². The molecule has 2 aliphatic rings. The van der Waals surface area contributed by atoms with Gasteiger partial charge in [-0.1, -0.05) is 27.2 Å². The number of likely N-dealkylation sites (N-methyl/N-ethyl adjacent to an activating group) is 2. The number of hydrogen-bond acceptors (Lipinski definition) is 11. The van der Waals surface area contributed by atoms with Gasteiger partial charge < -0.3 is 25.4 Å². The molecule has 4 rings (SSSR count). The summed E-state index contributed by atoms with van der Waals surface area (Å²) >= 11 is 2.69. The molecule has 2 fully saturated rings. The van der Waals surface area contributed by atoms with Crippen LogP contribution in [0.5, 0.6) is 0 Å². The molecule has 15 heteroatoms. The summed E-state index contributed by atoms with van der Waals surface area (Å²) in [6.45, 7) is 7.74. The van der Waals surface area contributed by atoms with Gasteiger partial charge in [0.15, 0.2) is 6.10 Å². The molecule has 3 N–H and O–H groups in total. The number of carbonyl (C=O) groups is 5. The van der Waals surface area contributed by atoms with Crippen molar-refractivity contribution in [2.45, 2.75) is 115 Å². The molecule has 0 aromatic carbocycles. The highest BCUT2D eigenvalue weighted by molar-refractivity contribution is 7.10. The van der Waals surface area contributed by atoms with Gasteiger partial charge in [0.2, 0.25) is 11.8 Å². The monoisotopic (exact) mass is 718 g/mol. The van der Waals surface area contributed by atoms with Gasteiger partial charge in [-0.2, -0.15) is 0 Å². The minimum Gasteiger partial charge on any atom is -0.481 e. The van der Waals surface area contributed by atoms with E-state index in [2.05, 4.69) is 20.6 Å². The molecule has 2 aromatic rings. The van der Waals surface area contributed by atoms with Crippen molar-refractivity contribution in [2.24, 2.45) is 11.8 Å².